The Morgan fingerprint density at radius 1 is 1.60 bits per heavy atom. The van der Waals surface area contributed by atoms with Crippen molar-refractivity contribution in [3.05, 3.63) is 11.9 Å². The topological polar surface area (TPSA) is 111 Å². The molecule has 0 bridgehead atoms. The van der Waals surface area contributed by atoms with Crippen LogP contribution in [0.3, 0.4) is 0 Å². The average Bonchev–Trinajstić information content (AvgIpc) is 2.85. The maximum absolute atomic E-state index is 12.3. The van der Waals surface area contributed by atoms with Crippen LogP contribution in [-0.4, -0.2) is 63.9 Å². The van der Waals surface area contributed by atoms with Crippen molar-refractivity contribution < 1.29 is 13.2 Å². The van der Waals surface area contributed by atoms with Crippen molar-refractivity contribution in [3.63, 3.8) is 0 Å². The first kappa shape index (κ1) is 15.3. The van der Waals surface area contributed by atoms with Crippen LogP contribution in [0.25, 0.3) is 0 Å². The maximum atomic E-state index is 12.3. The first-order valence-corrected chi connectivity index (χ1v) is 9.18. The average molecular weight is 319 g/mol. The van der Waals surface area contributed by atoms with Gasteiger partial charge in [-0.15, -0.1) is 5.10 Å². The molecule has 0 saturated carbocycles. The largest absolute Gasteiger partial charge is 0.325 e. The van der Waals surface area contributed by atoms with Gasteiger partial charge in [0.1, 0.15) is 11.9 Å². The molecule has 112 valence electrons. The summed E-state index contributed by atoms with van der Waals surface area (Å²) in [5.74, 6) is 0.883. The van der Waals surface area contributed by atoms with Crippen LogP contribution >= 0.6 is 11.8 Å². The van der Waals surface area contributed by atoms with Gasteiger partial charge >= 0.3 is 0 Å². The van der Waals surface area contributed by atoms with Gasteiger partial charge < -0.3 is 10.6 Å². The lowest BCUT2D eigenvalue weighted by Crippen LogP contribution is -2.50. The van der Waals surface area contributed by atoms with Gasteiger partial charge in [-0.05, 0) is 0 Å². The summed E-state index contributed by atoms with van der Waals surface area (Å²) in [6, 6.07) is 0. The van der Waals surface area contributed by atoms with E-state index in [1.165, 1.54) is 9.58 Å². The Balaban J connectivity index is 2.10. The van der Waals surface area contributed by atoms with Gasteiger partial charge in [0.25, 0.3) is 0 Å². The Hall–Kier alpha value is -1.13. The molecule has 1 aromatic heterocycles. The SMILES string of the molecule is CS(=O)(=O)C1CSCCN1C(=O)Cn1cc(CN)nn1. The highest BCUT2D eigenvalue weighted by Crippen LogP contribution is 2.20. The zero-order chi connectivity index (χ0) is 14.8. The van der Waals surface area contributed by atoms with Gasteiger partial charge in [0.15, 0.2) is 9.84 Å². The third-order valence-corrected chi connectivity index (χ3v) is 5.63. The van der Waals surface area contributed by atoms with E-state index in [-0.39, 0.29) is 19.0 Å². The van der Waals surface area contributed by atoms with Crippen LogP contribution in [0, 0.1) is 0 Å². The van der Waals surface area contributed by atoms with E-state index in [2.05, 4.69) is 10.3 Å². The predicted octanol–water partition coefficient (Wildman–Crippen LogP) is -1.32. The fraction of sp³-hybridized carbons (Fsp3) is 0.700. The zero-order valence-corrected chi connectivity index (χ0v) is 12.7. The van der Waals surface area contributed by atoms with E-state index >= 15 is 0 Å². The summed E-state index contributed by atoms with van der Waals surface area (Å²) in [6.45, 7) is 0.657. The van der Waals surface area contributed by atoms with Crippen LogP contribution in [0.15, 0.2) is 6.20 Å². The van der Waals surface area contributed by atoms with Gasteiger partial charge in [0.2, 0.25) is 5.91 Å². The highest BCUT2D eigenvalue weighted by Gasteiger charge is 2.34. The molecule has 0 radical (unpaired) electrons. The molecule has 1 unspecified atom stereocenters. The molecule has 10 heteroatoms. The number of sulfone groups is 1. The second-order valence-electron chi connectivity index (χ2n) is 4.56. The van der Waals surface area contributed by atoms with E-state index in [9.17, 15) is 13.2 Å². The van der Waals surface area contributed by atoms with Crippen molar-refractivity contribution in [3.8, 4) is 0 Å². The summed E-state index contributed by atoms with van der Waals surface area (Å²) in [4.78, 5) is 13.7. The van der Waals surface area contributed by atoms with Gasteiger partial charge in [-0.25, -0.2) is 13.1 Å². The van der Waals surface area contributed by atoms with E-state index < -0.39 is 15.2 Å². The summed E-state index contributed by atoms with van der Waals surface area (Å²) < 4.78 is 24.9. The monoisotopic (exact) mass is 319 g/mol. The summed E-state index contributed by atoms with van der Waals surface area (Å²) in [5.41, 5.74) is 6.01. The van der Waals surface area contributed by atoms with Crippen LogP contribution in [0.5, 0.6) is 0 Å². The Morgan fingerprint density at radius 3 is 2.95 bits per heavy atom. The van der Waals surface area contributed by atoms with Gasteiger partial charge in [-0.2, -0.15) is 11.8 Å². The number of nitrogens with two attached hydrogens (primary N) is 1. The molecule has 1 aromatic rings. The molecule has 0 aliphatic carbocycles. The lowest BCUT2D eigenvalue weighted by atomic mass is 10.4. The van der Waals surface area contributed by atoms with Crippen LogP contribution in [-0.2, 0) is 27.7 Å². The van der Waals surface area contributed by atoms with Crippen molar-refractivity contribution in [1.29, 1.82) is 0 Å². The molecule has 2 N–H and O–H groups in total. The molecule has 1 amide bonds. The van der Waals surface area contributed by atoms with E-state index in [0.29, 0.717) is 18.0 Å². The molecule has 2 rings (SSSR count). The molecular formula is C10H17N5O3S2. The molecule has 2 heterocycles. The molecular weight excluding hydrogens is 302 g/mol. The second kappa shape index (κ2) is 6.10. The fourth-order valence-electron chi connectivity index (χ4n) is 1.96. The standard InChI is InChI=1S/C10H17N5O3S2/c1-20(17,18)10-7-19-3-2-15(10)9(16)6-14-5-8(4-11)12-13-14/h5,10H,2-4,6-7,11H2,1H3. The van der Waals surface area contributed by atoms with E-state index in [0.717, 1.165) is 12.0 Å². The van der Waals surface area contributed by atoms with Crippen LogP contribution in [0.1, 0.15) is 5.69 Å². The summed E-state index contributed by atoms with van der Waals surface area (Å²) in [5, 5.41) is 6.83. The minimum atomic E-state index is -3.29. The third-order valence-electron chi connectivity index (χ3n) is 2.99. The number of hydrogen-bond acceptors (Lipinski definition) is 7. The third kappa shape index (κ3) is 3.49. The quantitative estimate of drug-likeness (QED) is 0.733. The molecule has 8 nitrogen and oxygen atoms in total. The smallest absolute Gasteiger partial charge is 0.245 e. The normalized spacial score (nSPS) is 20.1. The summed E-state index contributed by atoms with van der Waals surface area (Å²) in [7, 11) is -3.29. The highest BCUT2D eigenvalue weighted by molar-refractivity contribution is 8.00. The van der Waals surface area contributed by atoms with Gasteiger partial charge in [0, 0.05) is 30.9 Å². The first-order valence-electron chi connectivity index (χ1n) is 6.07. The molecule has 0 spiro atoms. The molecule has 1 fully saturated rings. The van der Waals surface area contributed by atoms with Crippen molar-refractivity contribution in [2.24, 2.45) is 5.73 Å². The van der Waals surface area contributed by atoms with E-state index in [1.54, 1.807) is 18.0 Å². The molecule has 1 aliphatic heterocycles. The van der Waals surface area contributed by atoms with E-state index in [4.69, 9.17) is 5.73 Å². The van der Waals surface area contributed by atoms with Crippen LogP contribution in [0.2, 0.25) is 0 Å². The lowest BCUT2D eigenvalue weighted by molar-refractivity contribution is -0.132. The number of carbonyl (C=O) groups is 1. The molecule has 1 atom stereocenters. The predicted molar refractivity (Wildman–Crippen MR) is 75.6 cm³/mol. The Bertz CT molecular complexity index is 585. The van der Waals surface area contributed by atoms with Crippen LogP contribution < -0.4 is 5.73 Å². The van der Waals surface area contributed by atoms with Gasteiger partial charge in [-0.1, -0.05) is 5.21 Å². The number of nitrogens with zero attached hydrogens (tertiary/aromatic N) is 4. The number of thioether (sulfide) groups is 1. The summed E-state index contributed by atoms with van der Waals surface area (Å²) >= 11 is 1.54. The second-order valence-corrected chi connectivity index (χ2v) is 7.91. The minimum absolute atomic E-state index is 0.0241. The first-order chi connectivity index (χ1) is 9.41. The van der Waals surface area contributed by atoms with E-state index in [1.807, 2.05) is 0 Å². The fourth-order valence-corrected chi connectivity index (χ4v) is 4.80. The Kier molecular flexibility index (Phi) is 4.66. The van der Waals surface area contributed by atoms with Crippen molar-refractivity contribution >= 4 is 27.5 Å². The molecule has 20 heavy (non-hydrogen) atoms. The van der Waals surface area contributed by atoms with Crippen molar-refractivity contribution in [2.75, 3.05) is 24.3 Å². The number of rotatable bonds is 4. The van der Waals surface area contributed by atoms with Gasteiger partial charge in [-0.3, -0.25) is 4.79 Å². The van der Waals surface area contributed by atoms with Crippen molar-refractivity contribution in [2.45, 2.75) is 18.5 Å². The Labute approximate surface area is 121 Å². The number of carbonyl (C=O) groups excluding carboxylic acids is 1. The molecule has 0 aromatic carbocycles. The number of aromatic nitrogens is 3. The molecule has 1 aliphatic rings. The maximum Gasteiger partial charge on any atom is 0.245 e. The Morgan fingerprint density at radius 2 is 2.35 bits per heavy atom. The summed E-state index contributed by atoms with van der Waals surface area (Å²) in [6.07, 6.45) is 2.75. The number of amides is 1. The van der Waals surface area contributed by atoms with Crippen molar-refractivity contribution in [1.82, 2.24) is 19.9 Å². The zero-order valence-electron chi connectivity index (χ0n) is 11.1. The van der Waals surface area contributed by atoms with Gasteiger partial charge in [0.05, 0.1) is 11.9 Å². The molecule has 1 saturated heterocycles. The number of hydrogen-bond donors (Lipinski definition) is 1. The minimum Gasteiger partial charge on any atom is -0.325 e. The van der Waals surface area contributed by atoms with Crippen LogP contribution in [0.4, 0.5) is 0 Å². The highest BCUT2D eigenvalue weighted by atomic mass is 32.2. The lowest BCUT2D eigenvalue weighted by Gasteiger charge is -2.33.